The Kier molecular flexibility index (Phi) is 10.4. The second kappa shape index (κ2) is 11.8. The lowest BCUT2D eigenvalue weighted by molar-refractivity contribution is -0.152. The fraction of sp³-hybridized carbons (Fsp3) is 0.917. The van der Waals surface area contributed by atoms with E-state index < -0.39 is 13.9 Å². The summed E-state index contributed by atoms with van der Waals surface area (Å²) in [6.07, 6.45) is 4.52. The van der Waals surface area contributed by atoms with Crippen LogP contribution in [0.15, 0.2) is 0 Å². The van der Waals surface area contributed by atoms with Crippen molar-refractivity contribution in [1.29, 1.82) is 5.26 Å². The van der Waals surface area contributed by atoms with Crippen LogP contribution in [0.25, 0.3) is 0 Å². The van der Waals surface area contributed by atoms with Crippen molar-refractivity contribution in [2.75, 3.05) is 13.7 Å². The van der Waals surface area contributed by atoms with Gasteiger partial charge in [0.2, 0.25) is 0 Å². The van der Waals surface area contributed by atoms with E-state index in [4.69, 9.17) is 19.0 Å². The average Bonchev–Trinajstić information content (AvgIpc) is 3.40. The number of hydrogen-bond acceptors (Lipinski definition) is 8. The van der Waals surface area contributed by atoms with Crippen molar-refractivity contribution in [1.82, 2.24) is 4.67 Å². The Balaban J connectivity index is 2.20. The molecule has 1 spiro atoms. The van der Waals surface area contributed by atoms with Crippen molar-refractivity contribution >= 4 is 36.1 Å². The monoisotopic (exact) mass is 518 g/mol. The van der Waals surface area contributed by atoms with Crippen molar-refractivity contribution in [2.24, 2.45) is 10.8 Å². The molecule has 2 rings (SSSR count). The molecule has 0 amide bonds. The van der Waals surface area contributed by atoms with Gasteiger partial charge in [0.05, 0.1) is 42.5 Å². The fourth-order valence-corrected chi connectivity index (χ4v) is 11.1. The van der Waals surface area contributed by atoms with Gasteiger partial charge in [-0.15, -0.1) is 0 Å². The summed E-state index contributed by atoms with van der Waals surface area (Å²) in [4.78, 5) is 12.3. The smallest absolute Gasteiger partial charge is 0.311 e. The van der Waals surface area contributed by atoms with E-state index in [9.17, 15) is 4.79 Å². The summed E-state index contributed by atoms with van der Waals surface area (Å²) in [5, 5.41) is 9.34. The van der Waals surface area contributed by atoms with E-state index in [1.165, 1.54) is 20.0 Å². The van der Waals surface area contributed by atoms with Gasteiger partial charge in [-0.25, -0.2) is 4.67 Å². The van der Waals surface area contributed by atoms with Crippen LogP contribution >= 0.6 is 30.1 Å². The van der Waals surface area contributed by atoms with Crippen LogP contribution in [-0.4, -0.2) is 52.5 Å². The molecule has 0 bridgehead atoms. The summed E-state index contributed by atoms with van der Waals surface area (Å²) in [6.45, 7) is 17.5. The van der Waals surface area contributed by atoms with Gasteiger partial charge in [-0.05, 0) is 72.6 Å². The molecular formula is C24H43N2O4PS2. The molecule has 0 aromatic heterocycles. The Labute approximate surface area is 210 Å². The Morgan fingerprint density at radius 2 is 1.82 bits per heavy atom. The molecule has 0 aromatic carbocycles. The normalized spacial score (nSPS) is 23.4. The minimum Gasteiger partial charge on any atom is -0.469 e. The van der Waals surface area contributed by atoms with Crippen molar-refractivity contribution in [3.8, 4) is 6.07 Å². The van der Waals surface area contributed by atoms with Gasteiger partial charge in [-0.1, -0.05) is 35.4 Å². The van der Waals surface area contributed by atoms with Crippen LogP contribution < -0.4 is 0 Å². The first-order valence-electron chi connectivity index (χ1n) is 12.0. The second-order valence-electron chi connectivity index (χ2n) is 11.3. The van der Waals surface area contributed by atoms with E-state index in [1.807, 2.05) is 35.4 Å². The molecule has 0 aromatic rings. The molecule has 2 fully saturated rings. The maximum atomic E-state index is 12.3. The molecule has 1 saturated carbocycles. The summed E-state index contributed by atoms with van der Waals surface area (Å²) in [6, 6.07) is 2.75. The van der Waals surface area contributed by atoms with E-state index in [0.717, 1.165) is 12.8 Å². The molecule has 1 aliphatic heterocycles. The predicted octanol–water partition coefficient (Wildman–Crippen LogP) is 6.95. The van der Waals surface area contributed by atoms with E-state index in [-0.39, 0.29) is 34.3 Å². The second-order valence-corrected chi connectivity index (χ2v) is 15.5. The third kappa shape index (κ3) is 7.72. The Morgan fingerprint density at radius 1 is 1.21 bits per heavy atom. The van der Waals surface area contributed by atoms with Crippen LogP contribution in [-0.2, 0) is 18.6 Å². The van der Waals surface area contributed by atoms with Gasteiger partial charge in [0.15, 0.2) is 0 Å². The lowest BCUT2D eigenvalue weighted by Gasteiger charge is -2.40. The zero-order chi connectivity index (χ0) is 25.0. The number of carbonyl (C=O) groups excluding carboxylic acids is 1. The van der Waals surface area contributed by atoms with Gasteiger partial charge >= 0.3 is 5.97 Å². The molecule has 190 valence electrons. The average molecular weight is 519 g/mol. The number of rotatable bonds is 13. The highest BCUT2D eigenvalue weighted by Gasteiger charge is 2.61. The molecule has 1 heterocycles. The van der Waals surface area contributed by atoms with Crippen LogP contribution in [0.5, 0.6) is 0 Å². The summed E-state index contributed by atoms with van der Waals surface area (Å²) in [5.74, 6) is -0.158. The number of nitrogens with zero attached hydrogens (tertiary/aromatic N) is 2. The zero-order valence-corrected chi connectivity index (χ0v) is 24.4. The minimum absolute atomic E-state index is 0.0435. The van der Waals surface area contributed by atoms with E-state index in [1.54, 1.807) is 0 Å². The first kappa shape index (κ1) is 29.2. The molecule has 0 radical (unpaired) electrons. The number of methoxy groups -OCH3 is 1. The maximum absolute atomic E-state index is 12.3. The summed E-state index contributed by atoms with van der Waals surface area (Å²) >= 11 is 0. The van der Waals surface area contributed by atoms with Gasteiger partial charge in [0, 0.05) is 17.3 Å². The third-order valence-corrected chi connectivity index (χ3v) is 12.1. The fourth-order valence-electron chi connectivity index (χ4n) is 4.94. The number of esters is 1. The number of carbonyl (C=O) groups is 1. The number of ether oxygens (including phenoxy) is 1. The van der Waals surface area contributed by atoms with Gasteiger partial charge in [0.25, 0.3) is 8.53 Å². The number of nitriles is 1. The standard InChI is InChI=1S/C24H43N2O4PS2/c1-17(2)26(18(3)4)31(29-14-10-13-25)30-20-19(32-33-24(20)11-12-24)15-22(5,6)16-23(7,8)21(27)28-9/h17-20H,10-12,14-16H2,1-9H3. The zero-order valence-electron chi connectivity index (χ0n) is 21.8. The Morgan fingerprint density at radius 3 is 2.30 bits per heavy atom. The SMILES string of the molecule is COC(=O)C(C)(C)CC(C)(C)CC1SSC2(CC2)C1OP(OCCC#N)N(C(C)C)C(C)C. The minimum atomic E-state index is -1.27. The lowest BCUT2D eigenvalue weighted by atomic mass is 9.72. The van der Waals surface area contributed by atoms with Crippen LogP contribution in [0.1, 0.15) is 87.5 Å². The summed E-state index contributed by atoms with van der Waals surface area (Å²) in [7, 11) is 4.12. The van der Waals surface area contributed by atoms with Crippen LogP contribution in [0.2, 0.25) is 0 Å². The molecule has 6 nitrogen and oxygen atoms in total. The first-order valence-corrected chi connectivity index (χ1v) is 15.3. The highest BCUT2D eigenvalue weighted by molar-refractivity contribution is 8.78. The van der Waals surface area contributed by atoms with Gasteiger partial charge in [0.1, 0.15) is 0 Å². The maximum Gasteiger partial charge on any atom is 0.311 e. The molecule has 1 aliphatic carbocycles. The highest BCUT2D eigenvalue weighted by atomic mass is 33.1. The molecule has 3 unspecified atom stereocenters. The molecule has 0 N–H and O–H groups in total. The quantitative estimate of drug-likeness (QED) is 0.112. The topological polar surface area (TPSA) is 71.8 Å². The molecule has 33 heavy (non-hydrogen) atoms. The third-order valence-electron chi connectivity index (χ3n) is 6.21. The van der Waals surface area contributed by atoms with Crippen molar-refractivity contribution in [3.05, 3.63) is 0 Å². The summed E-state index contributed by atoms with van der Waals surface area (Å²) < 4.78 is 20.7. The first-order chi connectivity index (χ1) is 15.3. The van der Waals surface area contributed by atoms with Gasteiger partial charge < -0.3 is 13.8 Å². The summed E-state index contributed by atoms with van der Waals surface area (Å²) in [5.41, 5.74) is -0.570. The van der Waals surface area contributed by atoms with E-state index in [0.29, 0.717) is 18.3 Å². The van der Waals surface area contributed by atoms with Crippen molar-refractivity contribution in [2.45, 2.75) is 116 Å². The van der Waals surface area contributed by atoms with E-state index in [2.05, 4.69) is 52.3 Å². The van der Waals surface area contributed by atoms with E-state index >= 15 is 0 Å². The lowest BCUT2D eigenvalue weighted by Crippen LogP contribution is -2.40. The van der Waals surface area contributed by atoms with Crippen LogP contribution in [0, 0.1) is 22.2 Å². The molecule has 2 aliphatic rings. The highest BCUT2D eigenvalue weighted by Crippen LogP contribution is 2.69. The molecule has 3 atom stereocenters. The van der Waals surface area contributed by atoms with Crippen molar-refractivity contribution < 1.29 is 18.6 Å². The van der Waals surface area contributed by atoms with Crippen LogP contribution in [0.4, 0.5) is 0 Å². The molecular weight excluding hydrogens is 475 g/mol. The molecule has 9 heteroatoms. The van der Waals surface area contributed by atoms with Gasteiger partial charge in [-0.3, -0.25) is 4.79 Å². The Bertz CT molecular complexity index is 699. The largest absolute Gasteiger partial charge is 0.469 e. The molecule has 1 saturated heterocycles. The predicted molar refractivity (Wildman–Crippen MR) is 140 cm³/mol. The van der Waals surface area contributed by atoms with Crippen LogP contribution in [0.3, 0.4) is 0 Å². The van der Waals surface area contributed by atoms with Crippen molar-refractivity contribution in [3.63, 3.8) is 0 Å². The Hall–Kier alpha value is -0.0300. The number of hydrogen-bond donors (Lipinski definition) is 0. The van der Waals surface area contributed by atoms with Gasteiger partial charge in [-0.2, -0.15) is 5.26 Å².